The Morgan fingerprint density at radius 2 is 2.14 bits per heavy atom. The van der Waals surface area contributed by atoms with E-state index in [9.17, 15) is 10.1 Å². The number of nitrogen functional groups attached to an aromatic ring is 1. The Balaban J connectivity index is 1.77. The first kappa shape index (κ1) is 14.1. The van der Waals surface area contributed by atoms with Crippen molar-refractivity contribution in [1.82, 2.24) is 5.32 Å². The standard InChI is InChI=1S/C15H22N4O2/c16-14-8-13(5-6-15(14)19(20)21)18(9-11-3-4-11)10-12-2-1-7-17-12/h5-6,8,11-12,17H,1-4,7,9-10,16H2. The molecule has 1 aliphatic heterocycles. The normalized spacial score (nSPS) is 21.4. The molecule has 1 heterocycles. The highest BCUT2D eigenvalue weighted by molar-refractivity contribution is 5.66. The van der Waals surface area contributed by atoms with Crippen molar-refractivity contribution in [2.75, 3.05) is 30.3 Å². The highest BCUT2D eigenvalue weighted by atomic mass is 16.6. The molecule has 0 aromatic heterocycles. The number of nitrogens with zero attached hydrogens (tertiary/aromatic N) is 2. The summed E-state index contributed by atoms with van der Waals surface area (Å²) >= 11 is 0. The van der Waals surface area contributed by atoms with E-state index in [-0.39, 0.29) is 11.4 Å². The summed E-state index contributed by atoms with van der Waals surface area (Å²) in [6.07, 6.45) is 5.00. The number of nitro groups is 1. The van der Waals surface area contributed by atoms with Gasteiger partial charge in [0, 0.05) is 30.9 Å². The summed E-state index contributed by atoms with van der Waals surface area (Å²) in [5.41, 5.74) is 7.07. The number of nitro benzene ring substituents is 1. The van der Waals surface area contributed by atoms with Crippen LogP contribution in [-0.2, 0) is 0 Å². The average Bonchev–Trinajstić information content (AvgIpc) is 3.11. The predicted octanol–water partition coefficient (Wildman–Crippen LogP) is 2.15. The van der Waals surface area contributed by atoms with Crippen molar-refractivity contribution < 1.29 is 4.92 Å². The molecule has 114 valence electrons. The molecule has 6 nitrogen and oxygen atoms in total. The number of anilines is 2. The average molecular weight is 290 g/mol. The predicted molar refractivity (Wildman–Crippen MR) is 83.5 cm³/mol. The minimum absolute atomic E-state index is 0.0101. The van der Waals surface area contributed by atoms with Gasteiger partial charge in [0.05, 0.1) is 4.92 Å². The van der Waals surface area contributed by atoms with Crippen molar-refractivity contribution in [2.24, 2.45) is 5.92 Å². The Morgan fingerprint density at radius 1 is 1.33 bits per heavy atom. The summed E-state index contributed by atoms with van der Waals surface area (Å²) in [6.45, 7) is 3.06. The summed E-state index contributed by atoms with van der Waals surface area (Å²) in [4.78, 5) is 12.8. The molecule has 6 heteroatoms. The molecule has 1 aromatic rings. The maximum atomic E-state index is 10.9. The van der Waals surface area contributed by atoms with E-state index in [1.54, 1.807) is 6.07 Å². The number of hydrogen-bond acceptors (Lipinski definition) is 5. The van der Waals surface area contributed by atoms with E-state index in [1.165, 1.54) is 31.7 Å². The quantitative estimate of drug-likeness (QED) is 0.476. The molecule has 3 N–H and O–H groups in total. The van der Waals surface area contributed by atoms with E-state index in [0.29, 0.717) is 6.04 Å². The second-order valence-corrected chi connectivity index (χ2v) is 6.14. The van der Waals surface area contributed by atoms with Crippen LogP contribution in [0.4, 0.5) is 17.1 Å². The van der Waals surface area contributed by atoms with E-state index >= 15 is 0 Å². The fourth-order valence-electron chi connectivity index (χ4n) is 2.98. The molecule has 0 bridgehead atoms. The van der Waals surface area contributed by atoms with Crippen LogP contribution in [0.5, 0.6) is 0 Å². The zero-order valence-electron chi connectivity index (χ0n) is 12.1. The van der Waals surface area contributed by atoms with E-state index in [1.807, 2.05) is 6.07 Å². The number of hydrogen-bond donors (Lipinski definition) is 2. The maximum absolute atomic E-state index is 10.9. The lowest BCUT2D eigenvalue weighted by Crippen LogP contribution is -2.38. The molecule has 1 aromatic carbocycles. The minimum Gasteiger partial charge on any atom is -0.393 e. The summed E-state index contributed by atoms with van der Waals surface area (Å²) < 4.78 is 0. The lowest BCUT2D eigenvalue weighted by molar-refractivity contribution is -0.383. The third-order valence-electron chi connectivity index (χ3n) is 4.35. The van der Waals surface area contributed by atoms with Gasteiger partial charge in [-0.25, -0.2) is 0 Å². The second-order valence-electron chi connectivity index (χ2n) is 6.14. The zero-order valence-corrected chi connectivity index (χ0v) is 12.1. The maximum Gasteiger partial charge on any atom is 0.292 e. The second kappa shape index (κ2) is 5.89. The molecule has 0 radical (unpaired) electrons. The summed E-state index contributed by atoms with van der Waals surface area (Å²) in [7, 11) is 0. The molecule has 1 saturated carbocycles. The third kappa shape index (κ3) is 3.44. The largest absolute Gasteiger partial charge is 0.393 e. The van der Waals surface area contributed by atoms with E-state index in [0.717, 1.165) is 31.2 Å². The van der Waals surface area contributed by atoms with E-state index < -0.39 is 4.92 Å². The van der Waals surface area contributed by atoms with Crippen LogP contribution in [0.1, 0.15) is 25.7 Å². The third-order valence-corrected chi connectivity index (χ3v) is 4.35. The number of nitrogens with one attached hydrogen (secondary N) is 1. The highest BCUT2D eigenvalue weighted by Crippen LogP contribution is 2.33. The molecule has 0 spiro atoms. The van der Waals surface area contributed by atoms with Crippen LogP contribution < -0.4 is 16.0 Å². The van der Waals surface area contributed by atoms with Gasteiger partial charge >= 0.3 is 0 Å². The van der Waals surface area contributed by atoms with E-state index in [2.05, 4.69) is 10.2 Å². The number of benzene rings is 1. The van der Waals surface area contributed by atoms with Gasteiger partial charge in [0.25, 0.3) is 5.69 Å². The molecule has 0 amide bonds. The van der Waals surface area contributed by atoms with Crippen LogP contribution in [0.25, 0.3) is 0 Å². The molecular weight excluding hydrogens is 268 g/mol. The lowest BCUT2D eigenvalue weighted by Gasteiger charge is -2.28. The van der Waals surface area contributed by atoms with Gasteiger partial charge in [0.15, 0.2) is 0 Å². The van der Waals surface area contributed by atoms with Crippen molar-refractivity contribution in [2.45, 2.75) is 31.7 Å². The van der Waals surface area contributed by atoms with Gasteiger partial charge in [-0.3, -0.25) is 10.1 Å². The molecule has 2 aliphatic rings. The Morgan fingerprint density at radius 3 is 2.71 bits per heavy atom. The molecule has 3 rings (SSSR count). The van der Waals surface area contributed by atoms with Crippen LogP contribution in [-0.4, -0.2) is 30.6 Å². The van der Waals surface area contributed by atoms with Gasteiger partial charge in [0.2, 0.25) is 0 Å². The van der Waals surface area contributed by atoms with Crippen LogP contribution in [0.2, 0.25) is 0 Å². The fourth-order valence-corrected chi connectivity index (χ4v) is 2.98. The minimum atomic E-state index is -0.428. The number of rotatable bonds is 6. The molecule has 1 saturated heterocycles. The Labute approximate surface area is 124 Å². The first-order chi connectivity index (χ1) is 10.1. The molecule has 1 atom stereocenters. The monoisotopic (exact) mass is 290 g/mol. The van der Waals surface area contributed by atoms with Crippen molar-refractivity contribution in [1.29, 1.82) is 0 Å². The Kier molecular flexibility index (Phi) is 3.96. The topological polar surface area (TPSA) is 84.4 Å². The van der Waals surface area contributed by atoms with Gasteiger partial charge in [-0.15, -0.1) is 0 Å². The van der Waals surface area contributed by atoms with E-state index in [4.69, 9.17) is 5.73 Å². The SMILES string of the molecule is Nc1cc(N(CC2CC2)CC2CCCN2)ccc1[N+](=O)[O-]. The zero-order chi connectivity index (χ0) is 14.8. The highest BCUT2D eigenvalue weighted by Gasteiger charge is 2.27. The van der Waals surface area contributed by atoms with Crippen LogP contribution in [0.3, 0.4) is 0 Å². The fraction of sp³-hybridized carbons (Fsp3) is 0.600. The van der Waals surface area contributed by atoms with Crippen LogP contribution in [0.15, 0.2) is 18.2 Å². The summed E-state index contributed by atoms with van der Waals surface area (Å²) in [5, 5.41) is 14.4. The van der Waals surface area contributed by atoms with Crippen molar-refractivity contribution in [3.63, 3.8) is 0 Å². The summed E-state index contributed by atoms with van der Waals surface area (Å²) in [5.74, 6) is 0.766. The lowest BCUT2D eigenvalue weighted by atomic mass is 10.1. The van der Waals surface area contributed by atoms with Crippen molar-refractivity contribution in [3.05, 3.63) is 28.3 Å². The van der Waals surface area contributed by atoms with Gasteiger partial charge in [-0.2, -0.15) is 0 Å². The molecule has 2 fully saturated rings. The first-order valence-corrected chi connectivity index (χ1v) is 7.65. The van der Waals surface area contributed by atoms with Crippen molar-refractivity contribution in [3.8, 4) is 0 Å². The molecular formula is C15H22N4O2. The molecule has 1 unspecified atom stereocenters. The van der Waals surface area contributed by atoms with Gasteiger partial charge in [-0.1, -0.05) is 0 Å². The Hall–Kier alpha value is -1.82. The van der Waals surface area contributed by atoms with Gasteiger partial charge < -0.3 is 16.0 Å². The van der Waals surface area contributed by atoms with Crippen LogP contribution >= 0.6 is 0 Å². The molecule has 1 aliphatic carbocycles. The number of nitrogens with two attached hydrogens (primary N) is 1. The van der Waals surface area contributed by atoms with Crippen molar-refractivity contribution >= 4 is 17.1 Å². The van der Waals surface area contributed by atoms with Gasteiger partial charge in [0.1, 0.15) is 5.69 Å². The Bertz CT molecular complexity index is 524. The smallest absolute Gasteiger partial charge is 0.292 e. The van der Waals surface area contributed by atoms with Gasteiger partial charge in [-0.05, 0) is 50.3 Å². The molecule has 21 heavy (non-hydrogen) atoms. The summed E-state index contributed by atoms with van der Waals surface area (Å²) in [6, 6.07) is 5.61. The first-order valence-electron chi connectivity index (χ1n) is 7.65. The van der Waals surface area contributed by atoms with Crippen LogP contribution in [0, 0.1) is 16.0 Å².